The Morgan fingerprint density at radius 1 is 1.14 bits per heavy atom. The number of hydrogen-bond acceptors (Lipinski definition) is 3. The number of amides is 1. The first kappa shape index (κ1) is 19.2. The van der Waals surface area contributed by atoms with E-state index in [1.165, 1.54) is 4.88 Å². The summed E-state index contributed by atoms with van der Waals surface area (Å²) in [5.41, 5.74) is 2.07. The summed E-state index contributed by atoms with van der Waals surface area (Å²) in [7, 11) is 0. The minimum atomic E-state index is 0.0251. The molecule has 1 amide bonds. The maximum absolute atomic E-state index is 13.0. The van der Waals surface area contributed by atoms with Crippen molar-refractivity contribution in [2.24, 2.45) is 0 Å². The number of thiophene rings is 2. The molecule has 0 radical (unpaired) electrons. The van der Waals surface area contributed by atoms with Gasteiger partial charge < -0.3 is 9.88 Å². The second kappa shape index (κ2) is 8.52. The summed E-state index contributed by atoms with van der Waals surface area (Å²) in [5.74, 6) is 0.0251. The van der Waals surface area contributed by atoms with Crippen LogP contribution in [0.3, 0.4) is 0 Å². The molecule has 3 aromatic heterocycles. The molecule has 28 heavy (non-hydrogen) atoms. The molecular formula is C22H21ClN2OS2. The maximum Gasteiger partial charge on any atom is 0.240 e. The number of fused-ring (bicyclic) bond motifs is 1. The molecule has 3 nitrogen and oxygen atoms in total. The Morgan fingerprint density at radius 3 is 2.68 bits per heavy atom. The monoisotopic (exact) mass is 428 g/mol. The van der Waals surface area contributed by atoms with Gasteiger partial charge in [0, 0.05) is 20.8 Å². The standard InChI is InChI=1S/C22H21ClN2OS2/c1-2-5-17(20-6-3-10-27-20)24-22(26)14-25-18-9-8-16(23)12-15(18)13-19(25)21-7-4-11-28-21/h3-4,6-13,17H,2,5,14H2,1H3,(H,24,26)/t17-/m0/s1. The molecule has 144 valence electrons. The Kier molecular flexibility index (Phi) is 5.85. The fourth-order valence-corrected chi connectivity index (χ4v) is 5.23. The molecule has 0 saturated carbocycles. The highest BCUT2D eigenvalue weighted by Crippen LogP contribution is 2.32. The zero-order chi connectivity index (χ0) is 19.5. The third-order valence-corrected chi connectivity index (χ3v) is 6.85. The van der Waals surface area contributed by atoms with E-state index in [0.717, 1.165) is 34.3 Å². The van der Waals surface area contributed by atoms with Crippen molar-refractivity contribution in [2.75, 3.05) is 0 Å². The molecule has 0 aliphatic heterocycles. The van der Waals surface area contributed by atoms with Gasteiger partial charge in [0.2, 0.25) is 5.91 Å². The van der Waals surface area contributed by atoms with Crippen molar-refractivity contribution in [3.63, 3.8) is 0 Å². The number of rotatable bonds is 7. The average molecular weight is 429 g/mol. The summed E-state index contributed by atoms with van der Waals surface area (Å²) in [6, 6.07) is 16.2. The number of carbonyl (C=O) groups excluding carboxylic acids is 1. The average Bonchev–Trinajstić information content (AvgIpc) is 3.42. The summed E-state index contributed by atoms with van der Waals surface area (Å²) >= 11 is 9.55. The SMILES string of the molecule is CCC[C@H](NC(=O)Cn1c(-c2cccs2)cc2cc(Cl)ccc21)c1cccs1. The number of carbonyl (C=O) groups is 1. The third-order valence-electron chi connectivity index (χ3n) is 4.74. The van der Waals surface area contributed by atoms with Crippen molar-refractivity contribution in [2.45, 2.75) is 32.4 Å². The lowest BCUT2D eigenvalue weighted by Gasteiger charge is -2.18. The minimum absolute atomic E-state index is 0.0251. The van der Waals surface area contributed by atoms with Gasteiger partial charge in [-0.25, -0.2) is 0 Å². The van der Waals surface area contributed by atoms with E-state index in [4.69, 9.17) is 11.6 Å². The lowest BCUT2D eigenvalue weighted by Crippen LogP contribution is -2.31. The van der Waals surface area contributed by atoms with Crippen LogP contribution < -0.4 is 5.32 Å². The van der Waals surface area contributed by atoms with E-state index in [9.17, 15) is 4.79 Å². The van der Waals surface area contributed by atoms with Crippen LogP contribution in [-0.2, 0) is 11.3 Å². The van der Waals surface area contributed by atoms with Gasteiger partial charge in [0.15, 0.2) is 0 Å². The second-order valence-electron chi connectivity index (χ2n) is 6.72. The van der Waals surface area contributed by atoms with Crippen molar-refractivity contribution in [1.29, 1.82) is 0 Å². The van der Waals surface area contributed by atoms with Gasteiger partial charge in [-0.1, -0.05) is 37.1 Å². The fraction of sp³-hybridized carbons (Fsp3) is 0.227. The molecular weight excluding hydrogens is 408 g/mol. The summed E-state index contributed by atoms with van der Waals surface area (Å²) in [6.45, 7) is 2.43. The summed E-state index contributed by atoms with van der Waals surface area (Å²) in [4.78, 5) is 15.3. The van der Waals surface area contributed by atoms with Gasteiger partial charge >= 0.3 is 0 Å². The lowest BCUT2D eigenvalue weighted by atomic mass is 10.1. The van der Waals surface area contributed by atoms with E-state index >= 15 is 0 Å². The molecule has 1 atom stereocenters. The van der Waals surface area contributed by atoms with E-state index < -0.39 is 0 Å². The van der Waals surface area contributed by atoms with Crippen LogP contribution in [0.5, 0.6) is 0 Å². The van der Waals surface area contributed by atoms with Crippen LogP contribution in [0.4, 0.5) is 0 Å². The first-order valence-electron chi connectivity index (χ1n) is 9.31. The van der Waals surface area contributed by atoms with E-state index in [1.54, 1.807) is 22.7 Å². The molecule has 0 bridgehead atoms. The Morgan fingerprint density at radius 2 is 1.96 bits per heavy atom. The normalized spacial score (nSPS) is 12.4. The summed E-state index contributed by atoms with van der Waals surface area (Å²) in [5, 5.41) is 9.10. The van der Waals surface area contributed by atoms with Gasteiger partial charge in [0.1, 0.15) is 6.54 Å². The van der Waals surface area contributed by atoms with Gasteiger partial charge in [-0.15, -0.1) is 22.7 Å². The van der Waals surface area contributed by atoms with Crippen molar-refractivity contribution >= 4 is 51.1 Å². The van der Waals surface area contributed by atoms with E-state index in [2.05, 4.69) is 45.8 Å². The predicted octanol–water partition coefficient (Wildman–Crippen LogP) is 6.74. The van der Waals surface area contributed by atoms with Gasteiger partial charge in [-0.05, 0) is 53.6 Å². The van der Waals surface area contributed by atoms with Crippen LogP contribution in [0.1, 0.15) is 30.7 Å². The zero-order valence-corrected chi connectivity index (χ0v) is 17.9. The highest BCUT2D eigenvalue weighted by atomic mass is 35.5. The van der Waals surface area contributed by atoms with Crippen LogP contribution in [-0.4, -0.2) is 10.5 Å². The molecule has 0 aliphatic carbocycles. The molecule has 0 spiro atoms. The number of hydrogen-bond donors (Lipinski definition) is 1. The van der Waals surface area contributed by atoms with Gasteiger partial charge in [-0.2, -0.15) is 0 Å². The topological polar surface area (TPSA) is 34.0 Å². The van der Waals surface area contributed by atoms with Crippen molar-refractivity contribution < 1.29 is 4.79 Å². The molecule has 1 N–H and O–H groups in total. The third kappa shape index (κ3) is 4.02. The summed E-state index contributed by atoms with van der Waals surface area (Å²) in [6.07, 6.45) is 1.96. The van der Waals surface area contributed by atoms with Crippen molar-refractivity contribution in [1.82, 2.24) is 9.88 Å². The zero-order valence-electron chi connectivity index (χ0n) is 15.5. The first-order chi connectivity index (χ1) is 13.7. The van der Waals surface area contributed by atoms with Crippen LogP contribution in [0.2, 0.25) is 5.02 Å². The van der Waals surface area contributed by atoms with Crippen LogP contribution >= 0.6 is 34.3 Å². The van der Waals surface area contributed by atoms with E-state index in [1.807, 2.05) is 30.3 Å². The number of nitrogens with one attached hydrogen (secondary N) is 1. The molecule has 3 heterocycles. The van der Waals surface area contributed by atoms with E-state index in [0.29, 0.717) is 5.02 Å². The number of aromatic nitrogens is 1. The predicted molar refractivity (Wildman–Crippen MR) is 120 cm³/mol. The van der Waals surface area contributed by atoms with E-state index in [-0.39, 0.29) is 18.5 Å². The molecule has 4 aromatic rings. The Bertz CT molecular complexity index is 1070. The molecule has 0 fully saturated rings. The Hall–Kier alpha value is -2.08. The van der Waals surface area contributed by atoms with Crippen LogP contribution in [0.15, 0.2) is 59.3 Å². The molecule has 0 unspecified atom stereocenters. The summed E-state index contributed by atoms with van der Waals surface area (Å²) < 4.78 is 2.09. The van der Waals surface area contributed by atoms with Crippen molar-refractivity contribution in [3.05, 3.63) is 69.2 Å². The van der Waals surface area contributed by atoms with Crippen LogP contribution in [0.25, 0.3) is 21.5 Å². The molecule has 0 saturated heterocycles. The molecule has 6 heteroatoms. The van der Waals surface area contributed by atoms with Crippen molar-refractivity contribution in [3.8, 4) is 10.6 Å². The Balaban J connectivity index is 1.65. The number of benzene rings is 1. The Labute approximate surface area is 177 Å². The minimum Gasteiger partial charge on any atom is -0.347 e. The maximum atomic E-state index is 13.0. The molecule has 4 rings (SSSR count). The number of halogens is 1. The first-order valence-corrected chi connectivity index (χ1v) is 11.4. The van der Waals surface area contributed by atoms with Gasteiger partial charge in [0.05, 0.1) is 16.6 Å². The largest absolute Gasteiger partial charge is 0.347 e. The smallest absolute Gasteiger partial charge is 0.240 e. The molecule has 0 aliphatic rings. The van der Waals surface area contributed by atoms with Gasteiger partial charge in [0.25, 0.3) is 0 Å². The molecule has 1 aromatic carbocycles. The van der Waals surface area contributed by atoms with Crippen LogP contribution in [0, 0.1) is 0 Å². The van der Waals surface area contributed by atoms with Gasteiger partial charge in [-0.3, -0.25) is 4.79 Å². The highest BCUT2D eigenvalue weighted by Gasteiger charge is 2.18. The second-order valence-corrected chi connectivity index (χ2v) is 9.08. The quantitative estimate of drug-likeness (QED) is 0.347. The lowest BCUT2D eigenvalue weighted by molar-refractivity contribution is -0.122. The number of nitrogens with zero attached hydrogens (tertiary/aromatic N) is 1. The highest BCUT2D eigenvalue weighted by molar-refractivity contribution is 7.13. The fourth-order valence-electron chi connectivity index (χ4n) is 3.49.